The van der Waals surface area contributed by atoms with Gasteiger partial charge in [-0.05, 0) is 158 Å². The Morgan fingerprint density at radius 2 is 1.00 bits per heavy atom. The van der Waals surface area contributed by atoms with Crippen LogP contribution in [0.3, 0.4) is 0 Å². The van der Waals surface area contributed by atoms with Crippen molar-refractivity contribution in [3.63, 3.8) is 0 Å². The van der Waals surface area contributed by atoms with Crippen LogP contribution in [0.4, 0.5) is 11.4 Å². The number of carbonyl (C=O) groups is 3. The standard InChI is InChI=1S/C29H28ClNO4.C27H26ClNO3/c1-3-34-29(33)26-16-21(12-14-27(26)31-19(2)32)23-10-7-11-24(23)25-17-22(30)13-15-28(25)35-18-20-8-5-4-6-9-20;1-2-31-27(30)24-15-19(11-13-25(24)29)21-9-6-10-22(21)23-16-20(28)12-14-26(23)32-17-18-7-4-3-5-8-18/h4-6,8-9,12-17H,3,7,10-11,18H2,1-2H3,(H,31,32);3-5,7-8,11-16H,2,6,9-10,17,29H2,1H3. The summed E-state index contributed by atoms with van der Waals surface area (Å²) in [6, 6.07) is 42.6. The lowest BCUT2D eigenvalue weighted by atomic mass is 9.94. The molecule has 67 heavy (non-hydrogen) atoms. The maximum absolute atomic E-state index is 12.7. The van der Waals surface area contributed by atoms with Crippen LogP contribution in [0.15, 0.2) is 133 Å². The molecule has 2 aliphatic carbocycles. The molecule has 0 atom stereocenters. The van der Waals surface area contributed by atoms with Gasteiger partial charge in [0, 0.05) is 33.8 Å². The Kier molecular flexibility index (Phi) is 16.6. The third kappa shape index (κ3) is 12.4. The number of halogens is 2. The highest BCUT2D eigenvalue weighted by Gasteiger charge is 2.25. The highest BCUT2D eigenvalue weighted by molar-refractivity contribution is 6.31. The van der Waals surface area contributed by atoms with Gasteiger partial charge in [0.1, 0.15) is 24.7 Å². The monoisotopic (exact) mass is 936 g/mol. The van der Waals surface area contributed by atoms with Crippen LogP contribution in [0.2, 0.25) is 10.0 Å². The van der Waals surface area contributed by atoms with E-state index in [2.05, 4.69) is 5.32 Å². The van der Waals surface area contributed by atoms with Gasteiger partial charge >= 0.3 is 11.9 Å². The van der Waals surface area contributed by atoms with Gasteiger partial charge in [0.15, 0.2) is 0 Å². The lowest BCUT2D eigenvalue weighted by Crippen LogP contribution is -2.13. The number of nitrogens with two attached hydrogens (primary N) is 1. The van der Waals surface area contributed by atoms with Crippen molar-refractivity contribution in [2.24, 2.45) is 0 Å². The zero-order valence-corrected chi connectivity index (χ0v) is 39.5. The molecule has 8 rings (SSSR count). The predicted octanol–water partition coefficient (Wildman–Crippen LogP) is 13.9. The molecule has 344 valence electrons. The lowest BCUT2D eigenvalue weighted by molar-refractivity contribution is -0.114. The van der Waals surface area contributed by atoms with Crippen LogP contribution in [0.5, 0.6) is 11.5 Å². The van der Waals surface area contributed by atoms with Crippen LogP contribution in [-0.4, -0.2) is 31.1 Å². The number of carbonyl (C=O) groups excluding carboxylic acids is 3. The summed E-state index contributed by atoms with van der Waals surface area (Å²) in [5, 5.41) is 4.03. The largest absolute Gasteiger partial charge is 0.488 e. The Labute approximate surface area is 402 Å². The van der Waals surface area contributed by atoms with Crippen molar-refractivity contribution < 1.29 is 33.3 Å². The first-order valence-electron chi connectivity index (χ1n) is 22.6. The van der Waals surface area contributed by atoms with E-state index in [0.717, 1.165) is 94.6 Å². The number of amides is 1. The van der Waals surface area contributed by atoms with Crippen LogP contribution in [0.1, 0.15) is 113 Å². The molecule has 0 spiro atoms. The second kappa shape index (κ2) is 23.1. The molecule has 0 unspecified atom stereocenters. The predicted molar refractivity (Wildman–Crippen MR) is 269 cm³/mol. The Morgan fingerprint density at radius 3 is 1.48 bits per heavy atom. The number of esters is 2. The molecule has 0 aromatic heterocycles. The molecule has 0 heterocycles. The van der Waals surface area contributed by atoms with Gasteiger partial charge in [0.05, 0.1) is 30.0 Å². The summed E-state index contributed by atoms with van der Waals surface area (Å²) >= 11 is 12.8. The maximum Gasteiger partial charge on any atom is 0.340 e. The van der Waals surface area contributed by atoms with E-state index in [4.69, 9.17) is 47.9 Å². The highest BCUT2D eigenvalue weighted by atomic mass is 35.5. The Bertz CT molecular complexity index is 2800. The molecule has 6 aromatic rings. The van der Waals surface area contributed by atoms with Crippen molar-refractivity contribution in [1.29, 1.82) is 0 Å². The molecule has 1 amide bonds. The minimum Gasteiger partial charge on any atom is -0.488 e. The lowest BCUT2D eigenvalue weighted by Gasteiger charge is -2.16. The van der Waals surface area contributed by atoms with Crippen LogP contribution in [-0.2, 0) is 27.5 Å². The molecule has 0 saturated heterocycles. The normalized spacial score (nSPS) is 13.1. The average Bonchev–Trinajstić information content (AvgIpc) is 4.03. The first-order chi connectivity index (χ1) is 32.5. The van der Waals surface area contributed by atoms with Crippen molar-refractivity contribution in [3.05, 3.63) is 188 Å². The molecular weight excluding hydrogens is 884 g/mol. The van der Waals surface area contributed by atoms with Crippen molar-refractivity contribution in [3.8, 4) is 11.5 Å². The zero-order chi connectivity index (χ0) is 47.3. The average molecular weight is 938 g/mol. The number of nitrogens with one attached hydrogen (secondary N) is 1. The molecule has 0 saturated carbocycles. The van der Waals surface area contributed by atoms with E-state index in [9.17, 15) is 14.4 Å². The van der Waals surface area contributed by atoms with E-state index >= 15 is 0 Å². The van der Waals surface area contributed by atoms with Gasteiger partial charge in [0.2, 0.25) is 5.91 Å². The third-order valence-corrected chi connectivity index (χ3v) is 12.0. The Hall–Kier alpha value is -6.81. The SMILES string of the molecule is CCOC(=O)c1cc(C2=C(c3cc(Cl)ccc3OCc3ccccc3)CCC2)ccc1N.CCOC(=O)c1cc(C2=C(c3cc(Cl)ccc3OCc3ccccc3)CCC2)ccc1NC(C)=O. The number of anilines is 2. The van der Waals surface area contributed by atoms with Crippen LogP contribution >= 0.6 is 23.2 Å². The minimum absolute atomic E-state index is 0.247. The summed E-state index contributed by atoms with van der Waals surface area (Å²) in [5.74, 6) is 0.458. The fourth-order valence-electron chi connectivity index (χ4n) is 8.46. The Balaban J connectivity index is 0.000000200. The molecular formula is C56H54Cl2N2O7. The summed E-state index contributed by atoms with van der Waals surface area (Å²) in [6.45, 7) is 6.45. The van der Waals surface area contributed by atoms with Crippen molar-refractivity contribution in [2.75, 3.05) is 24.3 Å². The molecule has 2 aliphatic rings. The molecule has 0 radical (unpaired) electrons. The maximum atomic E-state index is 12.7. The smallest absolute Gasteiger partial charge is 0.340 e. The molecule has 9 nitrogen and oxygen atoms in total. The molecule has 6 aromatic carbocycles. The number of rotatable bonds is 15. The van der Waals surface area contributed by atoms with Gasteiger partial charge in [-0.3, -0.25) is 4.79 Å². The van der Waals surface area contributed by atoms with E-state index in [1.54, 1.807) is 32.0 Å². The van der Waals surface area contributed by atoms with Gasteiger partial charge in [-0.25, -0.2) is 9.59 Å². The van der Waals surface area contributed by atoms with Gasteiger partial charge < -0.3 is 30.0 Å². The van der Waals surface area contributed by atoms with E-state index in [0.29, 0.717) is 52.4 Å². The number of benzene rings is 6. The minimum atomic E-state index is -0.465. The highest BCUT2D eigenvalue weighted by Crippen LogP contribution is 2.46. The fourth-order valence-corrected chi connectivity index (χ4v) is 8.80. The van der Waals surface area contributed by atoms with Crippen LogP contribution in [0.25, 0.3) is 22.3 Å². The van der Waals surface area contributed by atoms with Crippen molar-refractivity contribution >= 4 is 74.7 Å². The molecule has 0 aliphatic heterocycles. The van der Waals surface area contributed by atoms with E-state index in [1.165, 1.54) is 18.1 Å². The number of allylic oxidation sites excluding steroid dienone is 4. The summed E-state index contributed by atoms with van der Waals surface area (Å²) in [4.78, 5) is 36.7. The van der Waals surface area contributed by atoms with Crippen LogP contribution in [0, 0.1) is 0 Å². The molecule has 3 N–H and O–H groups in total. The second-order valence-electron chi connectivity index (χ2n) is 16.1. The number of hydrogen-bond donors (Lipinski definition) is 2. The second-order valence-corrected chi connectivity index (χ2v) is 17.0. The quantitative estimate of drug-likeness (QED) is 0.0770. The van der Waals surface area contributed by atoms with Gasteiger partial charge in [-0.15, -0.1) is 0 Å². The number of nitrogen functional groups attached to an aromatic ring is 1. The number of hydrogen-bond acceptors (Lipinski definition) is 8. The zero-order valence-electron chi connectivity index (χ0n) is 38.0. The first kappa shape index (κ1) is 48.1. The van der Waals surface area contributed by atoms with Gasteiger partial charge in [0.25, 0.3) is 0 Å². The van der Waals surface area contributed by atoms with Gasteiger partial charge in [-0.1, -0.05) is 96.0 Å². The molecule has 0 bridgehead atoms. The van der Waals surface area contributed by atoms with E-state index in [-0.39, 0.29) is 12.5 Å². The van der Waals surface area contributed by atoms with Gasteiger partial charge in [-0.2, -0.15) is 0 Å². The summed E-state index contributed by atoms with van der Waals surface area (Å²) in [7, 11) is 0. The summed E-state index contributed by atoms with van der Waals surface area (Å²) < 4.78 is 22.8. The van der Waals surface area contributed by atoms with E-state index in [1.807, 2.05) is 115 Å². The van der Waals surface area contributed by atoms with Crippen molar-refractivity contribution in [1.82, 2.24) is 0 Å². The number of ether oxygens (including phenoxy) is 4. The summed E-state index contributed by atoms with van der Waals surface area (Å²) in [6.07, 6.45) is 5.57. The third-order valence-electron chi connectivity index (χ3n) is 11.5. The Morgan fingerprint density at radius 1 is 0.552 bits per heavy atom. The molecule has 0 fully saturated rings. The van der Waals surface area contributed by atoms with Crippen LogP contribution < -0.4 is 20.5 Å². The topological polar surface area (TPSA) is 126 Å². The van der Waals surface area contributed by atoms with Crippen molar-refractivity contribution in [2.45, 2.75) is 72.5 Å². The fraction of sp³-hybridized carbons (Fsp3) is 0.232. The first-order valence-corrected chi connectivity index (χ1v) is 23.3. The van der Waals surface area contributed by atoms with E-state index < -0.39 is 11.9 Å². The molecule has 11 heteroatoms. The summed E-state index contributed by atoms with van der Waals surface area (Å²) in [5.41, 5.74) is 18.3.